The van der Waals surface area contributed by atoms with E-state index in [2.05, 4.69) is 31.1 Å². The summed E-state index contributed by atoms with van der Waals surface area (Å²) in [4.78, 5) is 2.52. The Morgan fingerprint density at radius 3 is 2.24 bits per heavy atom. The summed E-state index contributed by atoms with van der Waals surface area (Å²) in [6, 6.07) is 0.616. The van der Waals surface area contributed by atoms with Crippen molar-refractivity contribution in [1.82, 2.24) is 10.2 Å². The van der Waals surface area contributed by atoms with Crippen molar-refractivity contribution in [2.75, 3.05) is 26.7 Å². The highest BCUT2D eigenvalue weighted by Crippen LogP contribution is 2.22. The van der Waals surface area contributed by atoms with Gasteiger partial charge in [0.1, 0.15) is 0 Å². The lowest BCUT2D eigenvalue weighted by molar-refractivity contribution is 0.242. The highest BCUT2D eigenvalue weighted by atomic mass is 15.1. The maximum absolute atomic E-state index is 3.49. The number of hydrogen-bond acceptors (Lipinski definition) is 2. The minimum atomic E-state index is 0.616. The molecule has 0 unspecified atom stereocenters. The minimum Gasteiger partial charge on any atom is -0.313 e. The average molecular weight is 240 g/mol. The lowest BCUT2D eigenvalue weighted by Gasteiger charge is -2.26. The van der Waals surface area contributed by atoms with E-state index in [4.69, 9.17) is 0 Å². The number of rotatable bonds is 6. The van der Waals surface area contributed by atoms with Crippen LogP contribution in [0.25, 0.3) is 0 Å². The average Bonchev–Trinajstić information content (AvgIpc) is 2.21. The number of nitrogens with one attached hydrogen (secondary N) is 1. The summed E-state index contributed by atoms with van der Waals surface area (Å²) in [5.74, 6) is 0.958. The quantitative estimate of drug-likeness (QED) is 0.766. The van der Waals surface area contributed by atoms with Crippen molar-refractivity contribution in [1.29, 1.82) is 0 Å². The topological polar surface area (TPSA) is 15.3 Å². The van der Waals surface area contributed by atoms with Crippen LogP contribution < -0.4 is 5.32 Å². The van der Waals surface area contributed by atoms with Gasteiger partial charge >= 0.3 is 0 Å². The smallest absolute Gasteiger partial charge is 0.0104 e. The molecule has 0 aromatic heterocycles. The summed E-state index contributed by atoms with van der Waals surface area (Å²) in [5.41, 5.74) is 0. The van der Waals surface area contributed by atoms with Gasteiger partial charge in [-0.1, -0.05) is 46.0 Å². The molecule has 102 valence electrons. The first-order chi connectivity index (χ1) is 8.18. The number of nitrogens with zero attached hydrogens (tertiary/aromatic N) is 1. The van der Waals surface area contributed by atoms with E-state index in [-0.39, 0.29) is 0 Å². The van der Waals surface area contributed by atoms with Gasteiger partial charge in [-0.05, 0) is 25.8 Å². The monoisotopic (exact) mass is 240 g/mol. The zero-order valence-electron chi connectivity index (χ0n) is 12.2. The molecule has 0 radical (unpaired) electrons. The molecule has 0 amide bonds. The van der Waals surface area contributed by atoms with Crippen molar-refractivity contribution >= 4 is 0 Å². The lowest BCUT2D eigenvalue weighted by Crippen LogP contribution is -2.35. The molecule has 0 atom stereocenters. The molecular formula is C15H32N2. The van der Waals surface area contributed by atoms with Crippen molar-refractivity contribution < 1.29 is 0 Å². The highest BCUT2D eigenvalue weighted by molar-refractivity contribution is 4.68. The van der Waals surface area contributed by atoms with Gasteiger partial charge in [-0.3, -0.25) is 0 Å². The normalized spacial score (nSPS) is 19.6. The van der Waals surface area contributed by atoms with Crippen LogP contribution in [0.1, 0.15) is 58.8 Å². The van der Waals surface area contributed by atoms with Crippen molar-refractivity contribution in [2.45, 2.75) is 64.8 Å². The van der Waals surface area contributed by atoms with E-state index in [0.29, 0.717) is 6.04 Å². The van der Waals surface area contributed by atoms with E-state index >= 15 is 0 Å². The van der Waals surface area contributed by atoms with E-state index in [1.807, 2.05) is 0 Å². The number of likely N-dealkylation sites (N-methyl/N-ethyl adjacent to an activating group) is 1. The van der Waals surface area contributed by atoms with Gasteiger partial charge in [-0.25, -0.2) is 0 Å². The third kappa shape index (κ3) is 7.77. The van der Waals surface area contributed by atoms with Gasteiger partial charge in [0.05, 0.1) is 0 Å². The summed E-state index contributed by atoms with van der Waals surface area (Å²) in [6.45, 7) is 8.05. The van der Waals surface area contributed by atoms with Crippen LogP contribution >= 0.6 is 0 Å². The van der Waals surface area contributed by atoms with Crippen molar-refractivity contribution in [3.8, 4) is 0 Å². The second kappa shape index (κ2) is 8.93. The molecule has 0 aromatic carbocycles. The van der Waals surface area contributed by atoms with E-state index < -0.39 is 0 Å². The van der Waals surface area contributed by atoms with E-state index in [1.54, 1.807) is 0 Å². The molecule has 0 aliphatic heterocycles. The lowest BCUT2D eigenvalue weighted by atomic mass is 9.91. The van der Waals surface area contributed by atoms with Gasteiger partial charge in [-0.2, -0.15) is 0 Å². The predicted octanol–water partition coefficient (Wildman–Crippen LogP) is 3.28. The Kier molecular flexibility index (Phi) is 7.87. The Hall–Kier alpha value is -0.0800. The molecule has 1 aliphatic carbocycles. The van der Waals surface area contributed by atoms with Crippen molar-refractivity contribution in [3.63, 3.8) is 0 Å². The van der Waals surface area contributed by atoms with Crippen LogP contribution in [0, 0.1) is 5.92 Å². The first-order valence-corrected chi connectivity index (χ1v) is 7.60. The molecule has 1 saturated carbocycles. The molecule has 0 aromatic rings. The van der Waals surface area contributed by atoms with E-state index in [9.17, 15) is 0 Å². The summed E-state index contributed by atoms with van der Waals surface area (Å²) < 4.78 is 0. The Labute approximate surface area is 108 Å². The highest BCUT2D eigenvalue weighted by Gasteiger charge is 2.13. The molecule has 1 fully saturated rings. The third-order valence-electron chi connectivity index (χ3n) is 3.84. The number of hydrogen-bond donors (Lipinski definition) is 1. The molecule has 0 bridgehead atoms. The maximum Gasteiger partial charge on any atom is 0.0104 e. The zero-order valence-corrected chi connectivity index (χ0v) is 12.2. The van der Waals surface area contributed by atoms with Gasteiger partial charge in [0.15, 0.2) is 0 Å². The Morgan fingerprint density at radius 2 is 1.65 bits per heavy atom. The summed E-state index contributed by atoms with van der Waals surface area (Å²) in [5, 5.41) is 3.49. The first kappa shape index (κ1) is 15.0. The first-order valence-electron chi connectivity index (χ1n) is 7.60. The molecule has 1 aliphatic rings. The second-order valence-electron chi connectivity index (χ2n) is 6.08. The molecule has 17 heavy (non-hydrogen) atoms. The van der Waals surface area contributed by atoms with Crippen LogP contribution in [-0.4, -0.2) is 37.6 Å². The molecule has 1 rings (SSSR count). The Bertz CT molecular complexity index is 172. The predicted molar refractivity (Wildman–Crippen MR) is 76.4 cm³/mol. The fraction of sp³-hybridized carbons (Fsp3) is 1.00. The van der Waals surface area contributed by atoms with E-state index in [0.717, 1.165) is 12.5 Å². The summed E-state index contributed by atoms with van der Waals surface area (Å²) >= 11 is 0. The molecule has 1 N–H and O–H groups in total. The van der Waals surface area contributed by atoms with Crippen LogP contribution in [0.15, 0.2) is 0 Å². The maximum atomic E-state index is 3.49. The molecule has 2 nitrogen and oxygen atoms in total. The fourth-order valence-electron chi connectivity index (χ4n) is 2.80. The minimum absolute atomic E-state index is 0.616. The largest absolute Gasteiger partial charge is 0.313 e. The third-order valence-corrected chi connectivity index (χ3v) is 3.84. The molecule has 0 heterocycles. The van der Waals surface area contributed by atoms with Crippen LogP contribution in [-0.2, 0) is 0 Å². The van der Waals surface area contributed by atoms with Crippen molar-refractivity contribution in [2.24, 2.45) is 5.92 Å². The van der Waals surface area contributed by atoms with Crippen molar-refractivity contribution in [3.05, 3.63) is 0 Å². The van der Waals surface area contributed by atoms with Gasteiger partial charge < -0.3 is 10.2 Å². The van der Waals surface area contributed by atoms with E-state index in [1.165, 1.54) is 58.0 Å². The summed E-state index contributed by atoms with van der Waals surface area (Å²) in [6.07, 6.45) is 10.3. The molecule has 0 spiro atoms. The SMILES string of the molecule is CC(C)NCCN(C)CC1CCCCCCC1. The van der Waals surface area contributed by atoms with Gasteiger partial charge in [0.2, 0.25) is 0 Å². The van der Waals surface area contributed by atoms with Gasteiger partial charge in [-0.15, -0.1) is 0 Å². The standard InChI is InChI=1S/C15H32N2/c1-14(2)16-11-12-17(3)13-15-9-7-5-4-6-8-10-15/h14-16H,4-13H2,1-3H3. The van der Waals surface area contributed by atoms with Crippen LogP contribution in [0.5, 0.6) is 0 Å². The second-order valence-corrected chi connectivity index (χ2v) is 6.08. The van der Waals surface area contributed by atoms with Crippen LogP contribution in [0.2, 0.25) is 0 Å². The fourth-order valence-corrected chi connectivity index (χ4v) is 2.80. The molecule has 2 heteroatoms. The molecular weight excluding hydrogens is 208 g/mol. The van der Waals surface area contributed by atoms with Gasteiger partial charge in [0.25, 0.3) is 0 Å². The zero-order chi connectivity index (χ0) is 12.5. The van der Waals surface area contributed by atoms with Crippen LogP contribution in [0.4, 0.5) is 0 Å². The Morgan fingerprint density at radius 1 is 1.06 bits per heavy atom. The van der Waals surface area contributed by atoms with Gasteiger partial charge in [0, 0.05) is 25.7 Å². The van der Waals surface area contributed by atoms with Crippen LogP contribution in [0.3, 0.4) is 0 Å². The summed E-state index contributed by atoms with van der Waals surface area (Å²) in [7, 11) is 2.28. The Balaban J connectivity index is 2.12. The molecule has 0 saturated heterocycles.